The average Bonchev–Trinajstić information content (AvgIpc) is 3.07. The molecule has 1 N–H and O–H groups in total. The highest BCUT2D eigenvalue weighted by atomic mass is 32.1. The summed E-state index contributed by atoms with van der Waals surface area (Å²) in [6.45, 7) is -1.04. The van der Waals surface area contributed by atoms with Crippen LogP contribution < -0.4 is 4.90 Å². The summed E-state index contributed by atoms with van der Waals surface area (Å²) < 4.78 is 42.7. The monoisotopic (exact) mass is 296 g/mol. The highest BCUT2D eigenvalue weighted by molar-refractivity contribution is 7.15. The first-order valence-electron chi connectivity index (χ1n) is 5.86. The van der Waals surface area contributed by atoms with Gasteiger partial charge in [0.25, 0.3) is 0 Å². The molecule has 1 heterocycles. The molecule has 8 heteroatoms. The number of aromatic nitrogens is 1. The van der Waals surface area contributed by atoms with Crippen LogP contribution in [0.2, 0.25) is 0 Å². The van der Waals surface area contributed by atoms with E-state index in [0.29, 0.717) is 15.7 Å². The summed E-state index contributed by atoms with van der Waals surface area (Å²) in [5.41, 5.74) is 0.512. The average molecular weight is 296 g/mol. The van der Waals surface area contributed by atoms with Gasteiger partial charge in [-0.05, 0) is 12.8 Å². The Morgan fingerprint density at radius 3 is 2.63 bits per heavy atom. The number of rotatable bonds is 6. The van der Waals surface area contributed by atoms with Crippen molar-refractivity contribution in [2.75, 3.05) is 18.6 Å². The lowest BCUT2D eigenvalue weighted by Crippen LogP contribution is -2.35. The number of aliphatic hydroxyl groups is 1. The zero-order chi connectivity index (χ0) is 14.0. The van der Waals surface area contributed by atoms with Gasteiger partial charge in [-0.3, -0.25) is 0 Å². The Hall–Kier alpha value is -0.860. The topological polar surface area (TPSA) is 45.6 Å². The predicted molar refractivity (Wildman–Crippen MR) is 65.2 cm³/mol. The van der Waals surface area contributed by atoms with Gasteiger partial charge in [0.15, 0.2) is 5.13 Å². The van der Waals surface area contributed by atoms with Crippen molar-refractivity contribution in [3.8, 4) is 0 Å². The van der Waals surface area contributed by atoms with E-state index in [1.54, 1.807) is 0 Å². The van der Waals surface area contributed by atoms with E-state index in [4.69, 9.17) is 4.74 Å². The second kappa shape index (κ2) is 5.64. The molecule has 19 heavy (non-hydrogen) atoms. The third-order valence-corrected chi connectivity index (χ3v) is 3.89. The Morgan fingerprint density at radius 2 is 2.16 bits per heavy atom. The van der Waals surface area contributed by atoms with Gasteiger partial charge in [-0.1, -0.05) is 11.3 Å². The number of aliphatic hydroxyl groups excluding tert-OH is 1. The fourth-order valence-corrected chi connectivity index (χ4v) is 2.79. The number of thiazole rings is 1. The molecule has 1 aromatic rings. The number of anilines is 1. The molecule has 1 aromatic heterocycles. The highest BCUT2D eigenvalue weighted by Gasteiger charge is 2.39. The van der Waals surface area contributed by atoms with E-state index < -0.39 is 12.7 Å². The lowest BCUT2D eigenvalue weighted by atomic mass is 10.4. The Morgan fingerprint density at radius 1 is 1.47 bits per heavy atom. The van der Waals surface area contributed by atoms with Gasteiger partial charge in [0, 0.05) is 13.2 Å². The first-order chi connectivity index (χ1) is 8.94. The quantitative estimate of drug-likeness (QED) is 0.875. The summed E-state index contributed by atoms with van der Waals surface area (Å²) in [6.07, 6.45) is -2.75. The summed E-state index contributed by atoms with van der Waals surface area (Å²) in [6, 6.07) is -0.0882. The molecule has 0 amide bonds. The summed E-state index contributed by atoms with van der Waals surface area (Å²) in [5.74, 6) is 0. The Balaban J connectivity index is 2.21. The Kier molecular flexibility index (Phi) is 4.32. The number of alkyl halides is 3. The first-order valence-corrected chi connectivity index (χ1v) is 6.68. The fraction of sp³-hybridized carbons (Fsp3) is 0.727. The summed E-state index contributed by atoms with van der Waals surface area (Å²) in [4.78, 5) is 6.02. The maximum absolute atomic E-state index is 12.6. The second-order valence-corrected chi connectivity index (χ2v) is 5.49. The van der Waals surface area contributed by atoms with E-state index >= 15 is 0 Å². The van der Waals surface area contributed by atoms with Crippen LogP contribution in [0.1, 0.15) is 23.4 Å². The van der Waals surface area contributed by atoms with Crippen LogP contribution in [-0.2, 0) is 18.0 Å². The Labute approximate surface area is 112 Å². The molecule has 1 fully saturated rings. The van der Waals surface area contributed by atoms with Crippen LogP contribution in [0.15, 0.2) is 0 Å². The highest BCUT2D eigenvalue weighted by Crippen LogP contribution is 2.37. The molecule has 0 spiro atoms. The zero-order valence-corrected chi connectivity index (χ0v) is 11.2. The molecular formula is C11H15F3N2O2S. The summed E-state index contributed by atoms with van der Waals surface area (Å²) in [7, 11) is 1.48. The number of hydrogen-bond donors (Lipinski definition) is 1. The van der Waals surface area contributed by atoms with Crippen LogP contribution >= 0.6 is 11.3 Å². The zero-order valence-electron chi connectivity index (χ0n) is 10.4. The van der Waals surface area contributed by atoms with E-state index in [0.717, 1.165) is 24.2 Å². The van der Waals surface area contributed by atoms with Gasteiger partial charge in [-0.2, -0.15) is 13.2 Å². The first kappa shape index (κ1) is 14.5. The van der Waals surface area contributed by atoms with Gasteiger partial charge in [-0.25, -0.2) is 4.98 Å². The number of nitrogens with zero attached hydrogens (tertiary/aromatic N) is 2. The molecule has 0 atom stereocenters. The predicted octanol–water partition coefficient (Wildman–Crippen LogP) is 2.31. The normalized spacial score (nSPS) is 15.8. The van der Waals surface area contributed by atoms with Crippen molar-refractivity contribution in [3.05, 3.63) is 10.6 Å². The van der Waals surface area contributed by atoms with Gasteiger partial charge >= 0.3 is 6.18 Å². The van der Waals surface area contributed by atoms with Crippen molar-refractivity contribution in [2.24, 2.45) is 0 Å². The molecular weight excluding hydrogens is 281 g/mol. The molecule has 0 saturated heterocycles. The van der Waals surface area contributed by atoms with Crippen molar-refractivity contribution >= 4 is 16.5 Å². The minimum absolute atomic E-state index is 0.0882. The van der Waals surface area contributed by atoms with Crippen molar-refractivity contribution in [2.45, 2.75) is 38.3 Å². The minimum Gasteiger partial charge on any atom is -0.391 e. The standard InChI is InChI=1S/C11H15F3N2O2S/c1-18-5-8-9(4-17)19-10(15-8)16(7-2-3-7)6-11(12,13)14/h7,17H,2-6H2,1H3. The molecule has 2 rings (SSSR count). The van der Waals surface area contributed by atoms with Gasteiger partial charge < -0.3 is 14.7 Å². The van der Waals surface area contributed by atoms with Gasteiger partial charge in [0.2, 0.25) is 0 Å². The number of ether oxygens (including phenoxy) is 1. The van der Waals surface area contributed by atoms with E-state index in [-0.39, 0.29) is 19.3 Å². The minimum atomic E-state index is -4.25. The Bertz CT molecular complexity index is 432. The van der Waals surface area contributed by atoms with Crippen LogP contribution in [0, 0.1) is 0 Å². The van der Waals surface area contributed by atoms with E-state index in [2.05, 4.69) is 4.98 Å². The summed E-state index contributed by atoms with van der Waals surface area (Å²) in [5, 5.41) is 9.52. The van der Waals surface area contributed by atoms with Crippen LogP contribution in [-0.4, -0.2) is 36.0 Å². The third kappa shape index (κ3) is 3.80. The largest absolute Gasteiger partial charge is 0.406 e. The molecule has 1 saturated carbocycles. The third-order valence-electron chi connectivity index (χ3n) is 2.77. The number of halogens is 3. The van der Waals surface area contributed by atoms with E-state index in [9.17, 15) is 18.3 Å². The molecule has 0 radical (unpaired) electrons. The van der Waals surface area contributed by atoms with Crippen LogP contribution in [0.5, 0.6) is 0 Å². The smallest absolute Gasteiger partial charge is 0.391 e. The van der Waals surface area contributed by atoms with Gasteiger partial charge in [0.1, 0.15) is 6.54 Å². The van der Waals surface area contributed by atoms with Crippen LogP contribution in [0.3, 0.4) is 0 Å². The van der Waals surface area contributed by atoms with E-state index in [1.165, 1.54) is 12.0 Å². The van der Waals surface area contributed by atoms with Crippen molar-refractivity contribution in [1.82, 2.24) is 4.98 Å². The maximum Gasteiger partial charge on any atom is 0.406 e. The fourth-order valence-electron chi connectivity index (χ4n) is 1.80. The number of methoxy groups -OCH3 is 1. The second-order valence-electron chi connectivity index (χ2n) is 4.43. The van der Waals surface area contributed by atoms with Crippen molar-refractivity contribution < 1.29 is 23.0 Å². The molecule has 0 bridgehead atoms. The lowest BCUT2D eigenvalue weighted by Gasteiger charge is -2.22. The van der Waals surface area contributed by atoms with Crippen molar-refractivity contribution in [3.63, 3.8) is 0 Å². The van der Waals surface area contributed by atoms with Gasteiger partial charge in [0.05, 0.1) is 23.8 Å². The molecule has 108 valence electrons. The van der Waals surface area contributed by atoms with Crippen molar-refractivity contribution in [1.29, 1.82) is 0 Å². The van der Waals surface area contributed by atoms with Crippen LogP contribution in [0.4, 0.5) is 18.3 Å². The maximum atomic E-state index is 12.6. The molecule has 4 nitrogen and oxygen atoms in total. The summed E-state index contributed by atoms with van der Waals surface area (Å²) >= 11 is 1.10. The molecule has 1 aliphatic rings. The molecule has 1 aliphatic carbocycles. The lowest BCUT2D eigenvalue weighted by molar-refractivity contribution is -0.120. The molecule has 0 aliphatic heterocycles. The molecule has 0 unspecified atom stereocenters. The van der Waals surface area contributed by atoms with Gasteiger partial charge in [-0.15, -0.1) is 0 Å². The van der Waals surface area contributed by atoms with Crippen LogP contribution in [0.25, 0.3) is 0 Å². The van der Waals surface area contributed by atoms with E-state index in [1.807, 2.05) is 0 Å². The number of hydrogen-bond acceptors (Lipinski definition) is 5. The molecule has 0 aromatic carbocycles. The SMILES string of the molecule is COCc1nc(N(CC(F)(F)F)C2CC2)sc1CO.